The largest absolute Gasteiger partial charge is 0.481 e. The van der Waals surface area contributed by atoms with Crippen LogP contribution in [0.2, 0.25) is 0 Å². The van der Waals surface area contributed by atoms with Gasteiger partial charge in [-0.15, -0.1) is 0 Å². The van der Waals surface area contributed by atoms with Crippen LogP contribution in [-0.2, 0) is 14.3 Å². The number of carboxylic acid groups (broad SMARTS) is 1. The number of carbonyl (C=O) groups is 2. The molecule has 1 heterocycles. The molecule has 0 saturated carbocycles. The molecule has 116 valence electrons. The van der Waals surface area contributed by atoms with Gasteiger partial charge in [-0.1, -0.05) is 13.3 Å². The number of hydrogen-bond donors (Lipinski definition) is 2. The van der Waals surface area contributed by atoms with E-state index < -0.39 is 11.9 Å². The zero-order valence-electron chi connectivity index (χ0n) is 12.5. The van der Waals surface area contributed by atoms with Crippen LogP contribution in [0.4, 0.5) is 0 Å². The van der Waals surface area contributed by atoms with Gasteiger partial charge in [-0.25, -0.2) is 0 Å². The second-order valence-corrected chi connectivity index (χ2v) is 5.81. The second-order valence-electron chi connectivity index (χ2n) is 5.81. The van der Waals surface area contributed by atoms with Crippen LogP contribution >= 0.6 is 0 Å². The third-order valence-electron chi connectivity index (χ3n) is 3.93. The van der Waals surface area contributed by atoms with Crippen LogP contribution in [0.1, 0.15) is 33.1 Å². The fraction of sp³-hybridized carbons (Fsp3) is 0.857. The third kappa shape index (κ3) is 4.45. The van der Waals surface area contributed by atoms with Gasteiger partial charge in [0.2, 0.25) is 5.91 Å². The Morgan fingerprint density at radius 2 is 2.00 bits per heavy atom. The molecule has 0 radical (unpaired) electrons. The summed E-state index contributed by atoms with van der Waals surface area (Å²) in [4.78, 5) is 25.0. The first-order chi connectivity index (χ1) is 9.34. The van der Waals surface area contributed by atoms with Crippen molar-refractivity contribution in [2.45, 2.75) is 45.2 Å². The van der Waals surface area contributed by atoms with E-state index in [1.165, 1.54) is 0 Å². The fourth-order valence-electron chi connectivity index (χ4n) is 2.54. The number of amides is 1. The fourth-order valence-corrected chi connectivity index (χ4v) is 2.54. The minimum absolute atomic E-state index is 0.0172. The molecule has 0 aliphatic carbocycles. The van der Waals surface area contributed by atoms with Gasteiger partial charge >= 0.3 is 5.97 Å². The Kier molecular flexibility index (Phi) is 6.42. The van der Waals surface area contributed by atoms with Crippen molar-refractivity contribution < 1.29 is 19.4 Å². The maximum Gasteiger partial charge on any atom is 0.311 e. The van der Waals surface area contributed by atoms with Gasteiger partial charge in [-0.3, -0.25) is 9.59 Å². The molecule has 4 atom stereocenters. The normalized spacial score (nSPS) is 25.2. The van der Waals surface area contributed by atoms with Crippen molar-refractivity contribution in [1.29, 1.82) is 0 Å². The van der Waals surface area contributed by atoms with Gasteiger partial charge in [-0.05, 0) is 19.8 Å². The van der Waals surface area contributed by atoms with E-state index in [-0.39, 0.29) is 30.5 Å². The molecular formula is C14H26N2O4. The van der Waals surface area contributed by atoms with Gasteiger partial charge in [0.15, 0.2) is 0 Å². The first-order valence-corrected chi connectivity index (χ1v) is 7.17. The van der Waals surface area contributed by atoms with Crippen molar-refractivity contribution in [2.75, 3.05) is 20.3 Å². The lowest BCUT2D eigenvalue weighted by molar-refractivity contribution is -0.145. The molecule has 1 aliphatic rings. The van der Waals surface area contributed by atoms with Crippen LogP contribution in [0.25, 0.3) is 0 Å². The van der Waals surface area contributed by atoms with E-state index in [0.29, 0.717) is 6.61 Å². The quantitative estimate of drug-likeness (QED) is 0.718. The molecule has 1 rings (SSSR count). The topological polar surface area (TPSA) is 92.9 Å². The molecule has 6 nitrogen and oxygen atoms in total. The molecule has 1 aliphatic heterocycles. The highest BCUT2D eigenvalue weighted by molar-refractivity contribution is 5.80. The lowest BCUT2D eigenvalue weighted by atomic mass is 9.97. The SMILES string of the molecule is CC(N)CCCC(C)C(=O)N(C)C1COCC1C(=O)O. The summed E-state index contributed by atoms with van der Waals surface area (Å²) < 4.78 is 5.20. The van der Waals surface area contributed by atoms with Crippen LogP contribution in [0.15, 0.2) is 0 Å². The van der Waals surface area contributed by atoms with Gasteiger partial charge in [0, 0.05) is 19.0 Å². The van der Waals surface area contributed by atoms with Crippen molar-refractivity contribution >= 4 is 11.9 Å². The number of nitrogens with zero attached hydrogens (tertiary/aromatic N) is 1. The van der Waals surface area contributed by atoms with Crippen molar-refractivity contribution in [2.24, 2.45) is 17.6 Å². The molecule has 3 N–H and O–H groups in total. The number of carboxylic acids is 1. The maximum atomic E-state index is 12.3. The molecule has 20 heavy (non-hydrogen) atoms. The zero-order chi connectivity index (χ0) is 15.3. The number of ether oxygens (including phenoxy) is 1. The van der Waals surface area contributed by atoms with Gasteiger partial charge in [0.25, 0.3) is 0 Å². The summed E-state index contributed by atoms with van der Waals surface area (Å²) >= 11 is 0. The number of nitrogens with two attached hydrogens (primary N) is 1. The Morgan fingerprint density at radius 1 is 1.35 bits per heavy atom. The molecule has 4 unspecified atom stereocenters. The lowest BCUT2D eigenvalue weighted by Crippen LogP contribution is -2.46. The summed E-state index contributed by atoms with van der Waals surface area (Å²) in [6.45, 7) is 4.31. The number of rotatable bonds is 7. The molecule has 1 saturated heterocycles. The van der Waals surface area contributed by atoms with Crippen LogP contribution < -0.4 is 5.73 Å². The summed E-state index contributed by atoms with van der Waals surface area (Å²) in [7, 11) is 1.67. The number of likely N-dealkylation sites (N-methyl/N-ethyl adjacent to an activating group) is 1. The minimum Gasteiger partial charge on any atom is -0.481 e. The van der Waals surface area contributed by atoms with E-state index in [2.05, 4.69) is 0 Å². The van der Waals surface area contributed by atoms with Crippen LogP contribution in [0, 0.1) is 11.8 Å². The Bertz CT molecular complexity index is 346. The highest BCUT2D eigenvalue weighted by atomic mass is 16.5. The molecule has 0 aromatic carbocycles. The zero-order valence-corrected chi connectivity index (χ0v) is 12.5. The Hall–Kier alpha value is -1.14. The monoisotopic (exact) mass is 286 g/mol. The number of hydrogen-bond acceptors (Lipinski definition) is 4. The molecule has 1 amide bonds. The molecule has 0 aromatic heterocycles. The van der Waals surface area contributed by atoms with Crippen LogP contribution in [0.3, 0.4) is 0 Å². The summed E-state index contributed by atoms with van der Waals surface area (Å²) in [5.74, 6) is -1.66. The molecule has 0 bridgehead atoms. The first-order valence-electron chi connectivity index (χ1n) is 7.17. The highest BCUT2D eigenvalue weighted by Crippen LogP contribution is 2.22. The van der Waals surface area contributed by atoms with E-state index in [9.17, 15) is 9.59 Å². The highest BCUT2D eigenvalue weighted by Gasteiger charge is 2.39. The van der Waals surface area contributed by atoms with E-state index in [1.54, 1.807) is 11.9 Å². The molecule has 0 spiro atoms. The molecule has 0 aromatic rings. The van der Waals surface area contributed by atoms with Crippen LogP contribution in [0.5, 0.6) is 0 Å². The summed E-state index contributed by atoms with van der Waals surface area (Å²) in [6.07, 6.45) is 2.57. The number of carbonyl (C=O) groups excluding carboxylic acids is 1. The van der Waals surface area contributed by atoms with Gasteiger partial charge < -0.3 is 20.5 Å². The average molecular weight is 286 g/mol. The van der Waals surface area contributed by atoms with E-state index in [4.69, 9.17) is 15.6 Å². The molecule has 6 heteroatoms. The first kappa shape index (κ1) is 16.9. The van der Waals surface area contributed by atoms with Crippen molar-refractivity contribution in [3.05, 3.63) is 0 Å². The van der Waals surface area contributed by atoms with Crippen LogP contribution in [-0.4, -0.2) is 54.2 Å². The Morgan fingerprint density at radius 3 is 2.55 bits per heavy atom. The Labute approximate surface area is 120 Å². The second kappa shape index (κ2) is 7.59. The van der Waals surface area contributed by atoms with E-state index in [0.717, 1.165) is 19.3 Å². The molecular weight excluding hydrogens is 260 g/mol. The van der Waals surface area contributed by atoms with Crippen molar-refractivity contribution in [3.63, 3.8) is 0 Å². The van der Waals surface area contributed by atoms with Gasteiger partial charge in [0.1, 0.15) is 5.92 Å². The summed E-state index contributed by atoms with van der Waals surface area (Å²) in [5.41, 5.74) is 5.69. The third-order valence-corrected chi connectivity index (χ3v) is 3.93. The van der Waals surface area contributed by atoms with Crippen molar-refractivity contribution in [1.82, 2.24) is 4.90 Å². The van der Waals surface area contributed by atoms with E-state index >= 15 is 0 Å². The van der Waals surface area contributed by atoms with Gasteiger partial charge in [0.05, 0.1) is 19.3 Å². The smallest absolute Gasteiger partial charge is 0.311 e. The summed E-state index contributed by atoms with van der Waals surface area (Å²) in [5, 5.41) is 9.12. The predicted molar refractivity (Wildman–Crippen MR) is 75.2 cm³/mol. The Balaban J connectivity index is 2.51. The molecule has 1 fully saturated rings. The number of aliphatic carboxylic acids is 1. The van der Waals surface area contributed by atoms with E-state index in [1.807, 2.05) is 13.8 Å². The standard InChI is InChI=1S/C14H26N2O4/c1-9(5-4-6-10(2)15)13(17)16(3)12-8-20-7-11(12)14(18)19/h9-12H,4-8,15H2,1-3H3,(H,18,19). The predicted octanol–water partition coefficient (Wildman–Crippen LogP) is 0.698. The minimum atomic E-state index is -0.906. The average Bonchev–Trinajstić information content (AvgIpc) is 2.85. The maximum absolute atomic E-state index is 12.3. The summed E-state index contributed by atoms with van der Waals surface area (Å²) in [6, 6.07) is -0.217. The van der Waals surface area contributed by atoms with Crippen molar-refractivity contribution in [3.8, 4) is 0 Å². The lowest BCUT2D eigenvalue weighted by Gasteiger charge is -2.29. The van der Waals surface area contributed by atoms with Gasteiger partial charge in [-0.2, -0.15) is 0 Å².